The summed E-state index contributed by atoms with van der Waals surface area (Å²) in [7, 11) is 1.48. The largest absolute Gasteiger partial charge is 0.573 e. The number of nitrogens with zero attached hydrogens (tertiary/aromatic N) is 2. The molecule has 1 amide bonds. The molecule has 39 heavy (non-hydrogen) atoms. The van der Waals surface area contributed by atoms with Gasteiger partial charge in [-0.2, -0.15) is 0 Å². The number of rotatable bonds is 8. The molecule has 0 bridgehead atoms. The standard InChI is InChI=1S/C27H25ClF3N3O5/c1-16(18-7-9-19(10-8-18)24(36)37)32-23(35)22-21(13-14-26(2,3)38-4)33-25(28)34(22)15-17-5-11-20(12-6-17)39-27(29,30)31/h5-12,16H,15H2,1-4H3,(H,32,35)(H,36,37)/t16-/m0/s1. The van der Waals surface area contributed by atoms with Crippen molar-refractivity contribution in [3.05, 3.63) is 81.9 Å². The first kappa shape index (κ1) is 29.5. The molecule has 0 spiro atoms. The van der Waals surface area contributed by atoms with E-state index in [0.717, 1.165) is 12.1 Å². The van der Waals surface area contributed by atoms with E-state index in [2.05, 4.69) is 26.9 Å². The van der Waals surface area contributed by atoms with Crippen molar-refractivity contribution in [2.45, 2.75) is 45.3 Å². The highest BCUT2D eigenvalue weighted by Gasteiger charge is 2.31. The van der Waals surface area contributed by atoms with Crippen molar-refractivity contribution in [1.82, 2.24) is 14.9 Å². The molecule has 1 heterocycles. The number of amides is 1. The number of halogens is 4. The summed E-state index contributed by atoms with van der Waals surface area (Å²) in [6, 6.07) is 10.6. The van der Waals surface area contributed by atoms with Gasteiger partial charge in [-0.25, -0.2) is 9.78 Å². The van der Waals surface area contributed by atoms with Crippen molar-refractivity contribution >= 4 is 23.5 Å². The van der Waals surface area contributed by atoms with Gasteiger partial charge in [0.1, 0.15) is 22.7 Å². The molecule has 0 fully saturated rings. The van der Waals surface area contributed by atoms with Gasteiger partial charge in [-0.1, -0.05) is 30.2 Å². The Morgan fingerprint density at radius 2 is 1.74 bits per heavy atom. The van der Waals surface area contributed by atoms with Crippen LogP contribution >= 0.6 is 11.6 Å². The van der Waals surface area contributed by atoms with E-state index in [9.17, 15) is 22.8 Å². The van der Waals surface area contributed by atoms with Gasteiger partial charge >= 0.3 is 12.3 Å². The lowest BCUT2D eigenvalue weighted by Gasteiger charge is -2.17. The molecule has 206 valence electrons. The van der Waals surface area contributed by atoms with Crippen LogP contribution in [0.1, 0.15) is 64.5 Å². The Kier molecular flexibility index (Phi) is 8.94. The van der Waals surface area contributed by atoms with E-state index in [1.165, 1.54) is 35.9 Å². The van der Waals surface area contributed by atoms with E-state index in [1.807, 2.05) is 0 Å². The third-order valence-corrected chi connectivity index (χ3v) is 5.92. The summed E-state index contributed by atoms with van der Waals surface area (Å²) in [5, 5.41) is 11.9. The van der Waals surface area contributed by atoms with Crippen molar-refractivity contribution in [2.24, 2.45) is 0 Å². The van der Waals surface area contributed by atoms with E-state index in [-0.39, 0.29) is 28.8 Å². The summed E-state index contributed by atoms with van der Waals surface area (Å²) in [6.07, 6.45) is -4.82. The van der Waals surface area contributed by atoms with Gasteiger partial charge in [0.15, 0.2) is 0 Å². The Morgan fingerprint density at radius 1 is 1.13 bits per heavy atom. The van der Waals surface area contributed by atoms with Crippen LogP contribution in [0.15, 0.2) is 48.5 Å². The SMILES string of the molecule is COC(C)(C)C#Cc1nc(Cl)n(Cc2ccc(OC(F)(F)F)cc2)c1C(=O)N[C@@H](C)c1ccc(C(=O)O)cc1. The Labute approximate surface area is 227 Å². The minimum atomic E-state index is -4.82. The zero-order chi connectivity index (χ0) is 29.0. The zero-order valence-corrected chi connectivity index (χ0v) is 22.1. The molecule has 0 aliphatic heterocycles. The second-order valence-corrected chi connectivity index (χ2v) is 9.28. The molecule has 1 aromatic heterocycles. The lowest BCUT2D eigenvalue weighted by atomic mass is 10.1. The maximum atomic E-state index is 13.5. The fraction of sp³-hybridized carbons (Fsp3) is 0.296. The number of carboxylic acids is 1. The fourth-order valence-electron chi connectivity index (χ4n) is 3.39. The molecule has 1 atom stereocenters. The average Bonchev–Trinajstić information content (AvgIpc) is 3.18. The van der Waals surface area contributed by atoms with Crippen LogP contribution < -0.4 is 10.1 Å². The second kappa shape index (κ2) is 11.8. The van der Waals surface area contributed by atoms with Crippen LogP contribution in [0.3, 0.4) is 0 Å². The number of alkyl halides is 3. The summed E-state index contributed by atoms with van der Waals surface area (Å²) < 4.78 is 48.1. The van der Waals surface area contributed by atoms with Crippen LogP contribution in [0.4, 0.5) is 13.2 Å². The van der Waals surface area contributed by atoms with E-state index in [1.54, 1.807) is 32.9 Å². The fourth-order valence-corrected chi connectivity index (χ4v) is 3.62. The highest BCUT2D eigenvalue weighted by atomic mass is 35.5. The van der Waals surface area contributed by atoms with Gasteiger partial charge < -0.3 is 24.5 Å². The molecule has 0 saturated carbocycles. The molecule has 0 aliphatic carbocycles. The quantitative estimate of drug-likeness (QED) is 0.353. The molecule has 0 saturated heterocycles. The number of imidazole rings is 1. The first-order valence-corrected chi connectivity index (χ1v) is 11.9. The van der Waals surface area contributed by atoms with Crippen molar-refractivity contribution in [3.8, 4) is 17.6 Å². The van der Waals surface area contributed by atoms with E-state index < -0.39 is 35.6 Å². The molecular formula is C27H25ClF3N3O5. The molecule has 2 aromatic carbocycles. The highest BCUT2D eigenvalue weighted by Crippen LogP contribution is 2.25. The maximum absolute atomic E-state index is 13.5. The van der Waals surface area contributed by atoms with Crippen LogP contribution in [-0.2, 0) is 11.3 Å². The van der Waals surface area contributed by atoms with Crippen LogP contribution in [-0.4, -0.2) is 45.6 Å². The third kappa shape index (κ3) is 7.99. The lowest BCUT2D eigenvalue weighted by Crippen LogP contribution is -2.29. The minimum Gasteiger partial charge on any atom is -0.478 e. The second-order valence-electron chi connectivity index (χ2n) is 8.94. The molecule has 12 heteroatoms. The number of aromatic carboxylic acids is 1. The van der Waals surface area contributed by atoms with Crippen LogP contribution in [0.2, 0.25) is 5.28 Å². The molecule has 3 rings (SSSR count). The summed E-state index contributed by atoms with van der Waals surface area (Å²) >= 11 is 6.39. The van der Waals surface area contributed by atoms with Crippen molar-refractivity contribution in [1.29, 1.82) is 0 Å². The number of aromatic nitrogens is 2. The number of hydrogen-bond donors (Lipinski definition) is 2. The van der Waals surface area contributed by atoms with Gasteiger partial charge in [0.05, 0.1) is 18.2 Å². The molecule has 8 nitrogen and oxygen atoms in total. The number of ether oxygens (including phenoxy) is 2. The smallest absolute Gasteiger partial charge is 0.478 e. The molecular weight excluding hydrogens is 539 g/mol. The molecule has 0 unspecified atom stereocenters. The topological polar surface area (TPSA) is 103 Å². The van der Waals surface area contributed by atoms with Gasteiger partial charge in [-0.15, -0.1) is 13.2 Å². The summed E-state index contributed by atoms with van der Waals surface area (Å²) in [4.78, 5) is 28.9. The Morgan fingerprint density at radius 3 is 2.28 bits per heavy atom. The highest BCUT2D eigenvalue weighted by molar-refractivity contribution is 6.29. The summed E-state index contributed by atoms with van der Waals surface area (Å²) in [5.74, 6) is 3.70. The summed E-state index contributed by atoms with van der Waals surface area (Å²) in [6.45, 7) is 5.17. The third-order valence-electron chi connectivity index (χ3n) is 5.63. The van der Waals surface area contributed by atoms with Crippen molar-refractivity contribution < 1.29 is 37.3 Å². The average molecular weight is 564 g/mol. The van der Waals surface area contributed by atoms with E-state index >= 15 is 0 Å². The molecule has 0 aliphatic rings. The van der Waals surface area contributed by atoms with Crippen molar-refractivity contribution in [2.75, 3.05) is 7.11 Å². The first-order valence-electron chi connectivity index (χ1n) is 11.5. The zero-order valence-electron chi connectivity index (χ0n) is 21.4. The van der Waals surface area contributed by atoms with E-state index in [0.29, 0.717) is 11.1 Å². The van der Waals surface area contributed by atoms with Crippen LogP contribution in [0, 0.1) is 11.8 Å². The predicted octanol–water partition coefficient (Wildman–Crippen LogP) is 5.45. The Bertz CT molecular complexity index is 1410. The Hall–Kier alpha value is -4.01. The van der Waals surface area contributed by atoms with Crippen LogP contribution in [0.25, 0.3) is 0 Å². The minimum absolute atomic E-state index is 0.00206. The van der Waals surface area contributed by atoms with Gasteiger partial charge in [0.2, 0.25) is 5.28 Å². The lowest BCUT2D eigenvalue weighted by molar-refractivity contribution is -0.274. The van der Waals surface area contributed by atoms with E-state index in [4.69, 9.17) is 21.4 Å². The molecule has 2 N–H and O–H groups in total. The summed E-state index contributed by atoms with van der Waals surface area (Å²) in [5.41, 5.74) is 0.535. The van der Waals surface area contributed by atoms with Gasteiger partial charge in [-0.3, -0.25) is 4.79 Å². The van der Waals surface area contributed by atoms with Gasteiger partial charge in [0.25, 0.3) is 5.91 Å². The number of carbonyl (C=O) groups is 2. The number of hydrogen-bond acceptors (Lipinski definition) is 5. The predicted molar refractivity (Wildman–Crippen MR) is 137 cm³/mol. The Balaban J connectivity index is 1.95. The van der Waals surface area contributed by atoms with Crippen molar-refractivity contribution in [3.63, 3.8) is 0 Å². The monoisotopic (exact) mass is 563 g/mol. The number of nitrogens with one attached hydrogen (secondary N) is 1. The van der Waals surface area contributed by atoms with Gasteiger partial charge in [-0.05, 0) is 73.7 Å². The number of carboxylic acid groups (broad SMARTS) is 1. The normalized spacial score (nSPS) is 12.3. The number of carbonyl (C=O) groups excluding carboxylic acids is 1. The molecule has 0 radical (unpaired) electrons. The number of benzene rings is 2. The first-order chi connectivity index (χ1) is 18.2. The maximum Gasteiger partial charge on any atom is 0.573 e. The number of methoxy groups -OCH3 is 1. The van der Waals surface area contributed by atoms with Gasteiger partial charge in [0, 0.05) is 7.11 Å². The van der Waals surface area contributed by atoms with Crippen LogP contribution in [0.5, 0.6) is 5.75 Å². The molecule has 3 aromatic rings.